The van der Waals surface area contributed by atoms with E-state index in [0.717, 1.165) is 0 Å². The van der Waals surface area contributed by atoms with E-state index in [2.05, 4.69) is 15.0 Å². The molecule has 1 aromatic carbocycles. The Morgan fingerprint density at radius 2 is 1.95 bits per heavy atom. The van der Waals surface area contributed by atoms with Crippen molar-refractivity contribution in [1.29, 1.82) is 0 Å². The largest absolute Gasteiger partial charge is 0.461 e. The first-order valence-electron chi connectivity index (χ1n) is 6.15. The molecule has 0 bridgehead atoms. The van der Waals surface area contributed by atoms with E-state index in [1.54, 1.807) is 30.3 Å². The van der Waals surface area contributed by atoms with Gasteiger partial charge in [-0.1, -0.05) is 35.5 Å². The number of alkyl halides is 3. The summed E-state index contributed by atoms with van der Waals surface area (Å²) in [4.78, 5) is 11.5. The van der Waals surface area contributed by atoms with Gasteiger partial charge in [0.05, 0.1) is 13.2 Å². The fourth-order valence-corrected chi connectivity index (χ4v) is 1.80. The molecule has 0 fully saturated rings. The van der Waals surface area contributed by atoms with Gasteiger partial charge in [0.15, 0.2) is 5.69 Å². The van der Waals surface area contributed by atoms with Crippen LogP contribution in [0.4, 0.5) is 13.2 Å². The minimum Gasteiger partial charge on any atom is -0.461 e. The third-order valence-electron chi connectivity index (χ3n) is 2.65. The van der Waals surface area contributed by atoms with Crippen molar-refractivity contribution in [3.05, 3.63) is 47.3 Å². The molecule has 0 atom stereocenters. The van der Waals surface area contributed by atoms with Crippen LogP contribution >= 0.6 is 0 Å². The van der Waals surface area contributed by atoms with Crippen LogP contribution in [0, 0.1) is 0 Å². The minimum absolute atomic E-state index is 0.0400. The Labute approximate surface area is 118 Å². The molecule has 0 unspecified atom stereocenters. The second-order valence-corrected chi connectivity index (χ2v) is 4.15. The lowest BCUT2D eigenvalue weighted by Gasteiger charge is -2.10. The van der Waals surface area contributed by atoms with Crippen LogP contribution in [0.2, 0.25) is 0 Å². The first-order chi connectivity index (χ1) is 9.93. The number of halogens is 3. The van der Waals surface area contributed by atoms with Crippen LogP contribution in [0.5, 0.6) is 0 Å². The molecule has 1 heterocycles. The lowest BCUT2D eigenvalue weighted by Crippen LogP contribution is -2.20. The monoisotopic (exact) mass is 299 g/mol. The number of carbonyl (C=O) groups is 1. The van der Waals surface area contributed by atoms with Crippen LogP contribution in [0.15, 0.2) is 30.3 Å². The van der Waals surface area contributed by atoms with Gasteiger partial charge in [-0.25, -0.2) is 9.48 Å². The van der Waals surface area contributed by atoms with E-state index in [1.165, 1.54) is 6.92 Å². The second-order valence-electron chi connectivity index (χ2n) is 4.15. The average molecular weight is 299 g/mol. The standard InChI is InChI=1S/C13H12F3N3O2/c1-2-21-12(20)10-11(13(14,15)16)19(18-17-10)8-9-6-4-3-5-7-9/h3-7H,2,8H2,1H3. The molecule has 2 aromatic rings. The molecular weight excluding hydrogens is 287 g/mol. The van der Waals surface area contributed by atoms with Crippen molar-refractivity contribution < 1.29 is 22.7 Å². The molecule has 2 rings (SSSR count). The van der Waals surface area contributed by atoms with E-state index >= 15 is 0 Å². The summed E-state index contributed by atoms with van der Waals surface area (Å²) in [6.45, 7) is 1.32. The Bertz CT molecular complexity index is 623. The van der Waals surface area contributed by atoms with Gasteiger partial charge in [-0.3, -0.25) is 0 Å². The van der Waals surface area contributed by atoms with E-state index in [9.17, 15) is 18.0 Å². The lowest BCUT2D eigenvalue weighted by atomic mass is 10.2. The van der Waals surface area contributed by atoms with E-state index in [4.69, 9.17) is 0 Å². The van der Waals surface area contributed by atoms with Crippen molar-refractivity contribution in [2.75, 3.05) is 6.61 Å². The predicted molar refractivity (Wildman–Crippen MR) is 66.5 cm³/mol. The Hall–Kier alpha value is -2.38. The maximum atomic E-state index is 13.1. The van der Waals surface area contributed by atoms with Crippen molar-refractivity contribution in [2.24, 2.45) is 0 Å². The highest BCUT2D eigenvalue weighted by Gasteiger charge is 2.42. The van der Waals surface area contributed by atoms with Gasteiger partial charge in [0.1, 0.15) is 0 Å². The topological polar surface area (TPSA) is 57.0 Å². The molecule has 0 saturated heterocycles. The molecule has 0 saturated carbocycles. The van der Waals surface area contributed by atoms with E-state index < -0.39 is 23.5 Å². The fourth-order valence-electron chi connectivity index (χ4n) is 1.80. The molecule has 0 aliphatic heterocycles. The van der Waals surface area contributed by atoms with Gasteiger partial charge in [0.25, 0.3) is 0 Å². The number of ether oxygens (including phenoxy) is 1. The van der Waals surface area contributed by atoms with Crippen LogP contribution in [0.25, 0.3) is 0 Å². The van der Waals surface area contributed by atoms with Gasteiger partial charge in [0, 0.05) is 0 Å². The molecule has 112 valence electrons. The summed E-state index contributed by atoms with van der Waals surface area (Å²) in [5.41, 5.74) is -1.41. The zero-order valence-corrected chi connectivity index (χ0v) is 11.1. The van der Waals surface area contributed by atoms with Crippen molar-refractivity contribution in [2.45, 2.75) is 19.6 Å². The highest BCUT2D eigenvalue weighted by molar-refractivity contribution is 5.88. The molecule has 0 aliphatic rings. The third-order valence-corrected chi connectivity index (χ3v) is 2.65. The SMILES string of the molecule is CCOC(=O)c1nnn(Cc2ccccc2)c1C(F)(F)F. The van der Waals surface area contributed by atoms with Gasteiger partial charge < -0.3 is 4.74 Å². The van der Waals surface area contributed by atoms with Crippen LogP contribution in [-0.4, -0.2) is 27.6 Å². The van der Waals surface area contributed by atoms with Gasteiger partial charge in [0.2, 0.25) is 5.69 Å². The molecule has 0 N–H and O–H groups in total. The van der Waals surface area contributed by atoms with Crippen LogP contribution in [-0.2, 0) is 17.5 Å². The number of rotatable bonds is 4. The molecule has 0 spiro atoms. The Balaban J connectivity index is 2.40. The summed E-state index contributed by atoms with van der Waals surface area (Å²) in [5, 5.41) is 6.74. The highest BCUT2D eigenvalue weighted by atomic mass is 19.4. The maximum Gasteiger partial charge on any atom is 0.435 e. The molecule has 0 amide bonds. The first kappa shape index (κ1) is 15.0. The van der Waals surface area contributed by atoms with Crippen LogP contribution < -0.4 is 0 Å². The van der Waals surface area contributed by atoms with E-state index in [-0.39, 0.29) is 13.2 Å². The van der Waals surface area contributed by atoms with Gasteiger partial charge in [-0.2, -0.15) is 13.2 Å². The quantitative estimate of drug-likeness (QED) is 0.814. The zero-order valence-electron chi connectivity index (χ0n) is 11.1. The second kappa shape index (κ2) is 5.94. The molecule has 5 nitrogen and oxygen atoms in total. The summed E-state index contributed by atoms with van der Waals surface area (Å²) in [6, 6.07) is 8.47. The summed E-state index contributed by atoms with van der Waals surface area (Å²) >= 11 is 0. The molecule has 0 aliphatic carbocycles. The molecule has 21 heavy (non-hydrogen) atoms. The normalized spacial score (nSPS) is 11.4. The van der Waals surface area contributed by atoms with E-state index in [1.807, 2.05) is 0 Å². The number of benzene rings is 1. The van der Waals surface area contributed by atoms with Crippen molar-refractivity contribution in [1.82, 2.24) is 15.0 Å². The van der Waals surface area contributed by atoms with Crippen molar-refractivity contribution >= 4 is 5.97 Å². The molecule has 1 aromatic heterocycles. The first-order valence-corrected chi connectivity index (χ1v) is 6.15. The van der Waals surface area contributed by atoms with Crippen LogP contribution in [0.1, 0.15) is 28.7 Å². The zero-order chi connectivity index (χ0) is 15.5. The average Bonchev–Trinajstić information content (AvgIpc) is 2.84. The highest BCUT2D eigenvalue weighted by Crippen LogP contribution is 2.31. The van der Waals surface area contributed by atoms with Gasteiger partial charge in [-0.15, -0.1) is 5.10 Å². The minimum atomic E-state index is -4.75. The van der Waals surface area contributed by atoms with Gasteiger partial charge >= 0.3 is 12.1 Å². The fraction of sp³-hybridized carbons (Fsp3) is 0.308. The van der Waals surface area contributed by atoms with Crippen LogP contribution in [0.3, 0.4) is 0 Å². The number of hydrogen-bond acceptors (Lipinski definition) is 4. The smallest absolute Gasteiger partial charge is 0.435 e. The number of carbonyl (C=O) groups excluding carboxylic acids is 1. The molecule has 8 heteroatoms. The summed E-state index contributed by atoms with van der Waals surface area (Å²) in [5.74, 6) is -1.14. The summed E-state index contributed by atoms with van der Waals surface area (Å²) in [6.07, 6.45) is -4.75. The predicted octanol–water partition coefficient (Wildman–Crippen LogP) is 2.52. The van der Waals surface area contributed by atoms with Crippen molar-refractivity contribution in [3.8, 4) is 0 Å². The lowest BCUT2D eigenvalue weighted by molar-refractivity contribution is -0.144. The third kappa shape index (κ3) is 3.39. The Kier molecular flexibility index (Phi) is 4.25. The Morgan fingerprint density at radius 3 is 2.52 bits per heavy atom. The number of aromatic nitrogens is 3. The Morgan fingerprint density at radius 1 is 1.29 bits per heavy atom. The maximum absolute atomic E-state index is 13.1. The van der Waals surface area contributed by atoms with Gasteiger partial charge in [-0.05, 0) is 12.5 Å². The van der Waals surface area contributed by atoms with E-state index in [0.29, 0.717) is 10.2 Å². The molecule has 0 radical (unpaired) electrons. The number of hydrogen-bond donors (Lipinski definition) is 0. The summed E-state index contributed by atoms with van der Waals surface area (Å²) < 4.78 is 44.6. The molecular formula is C13H12F3N3O2. The summed E-state index contributed by atoms with van der Waals surface area (Å²) in [7, 11) is 0. The number of nitrogens with zero attached hydrogens (tertiary/aromatic N) is 3. The number of esters is 1. The van der Waals surface area contributed by atoms with Crippen molar-refractivity contribution in [3.63, 3.8) is 0 Å².